The van der Waals surface area contributed by atoms with E-state index < -0.39 is 4.87 Å². The number of benzene rings is 1. The Labute approximate surface area is 92.4 Å². The number of carbonyl (C=O) groups excluding carboxylic acids is 2. The van der Waals surface area contributed by atoms with Gasteiger partial charge in [0.05, 0.1) is 17.7 Å². The van der Waals surface area contributed by atoms with Crippen molar-refractivity contribution < 1.29 is 9.59 Å². The molecule has 15 heavy (non-hydrogen) atoms. The van der Waals surface area contributed by atoms with Crippen molar-refractivity contribution in [1.82, 2.24) is 5.32 Å². The standard InChI is InChI=1S/C11H10ClNO2/c12-11(8-4-2-1-3-5-8)6-9(14)13-10(15)7-11/h1-5H,6-7H2,(H,13,14,15). The first kappa shape index (κ1) is 10.2. The minimum absolute atomic E-state index is 0.143. The highest BCUT2D eigenvalue weighted by Gasteiger charge is 2.39. The summed E-state index contributed by atoms with van der Waals surface area (Å²) in [5.41, 5.74) is 0.815. The number of hydrogen-bond donors (Lipinski definition) is 1. The summed E-state index contributed by atoms with van der Waals surface area (Å²) in [5, 5.41) is 2.24. The van der Waals surface area contributed by atoms with E-state index in [1.807, 2.05) is 30.3 Å². The third-order valence-corrected chi connectivity index (χ3v) is 2.94. The van der Waals surface area contributed by atoms with E-state index in [-0.39, 0.29) is 24.7 Å². The van der Waals surface area contributed by atoms with E-state index in [0.29, 0.717) is 0 Å². The van der Waals surface area contributed by atoms with E-state index >= 15 is 0 Å². The molecule has 4 heteroatoms. The van der Waals surface area contributed by atoms with E-state index in [9.17, 15) is 9.59 Å². The van der Waals surface area contributed by atoms with Crippen molar-refractivity contribution in [3.05, 3.63) is 35.9 Å². The maximum Gasteiger partial charge on any atom is 0.228 e. The molecule has 0 radical (unpaired) electrons. The molecule has 1 aliphatic heterocycles. The van der Waals surface area contributed by atoms with Gasteiger partial charge >= 0.3 is 0 Å². The van der Waals surface area contributed by atoms with E-state index in [1.165, 1.54) is 0 Å². The zero-order valence-corrected chi connectivity index (χ0v) is 8.75. The van der Waals surface area contributed by atoms with Gasteiger partial charge in [-0.2, -0.15) is 0 Å². The fourth-order valence-electron chi connectivity index (χ4n) is 1.76. The number of imide groups is 1. The molecule has 78 valence electrons. The quantitative estimate of drug-likeness (QED) is 0.580. The van der Waals surface area contributed by atoms with Crippen molar-refractivity contribution in [2.75, 3.05) is 0 Å². The zero-order chi connectivity index (χ0) is 10.9. The maximum atomic E-state index is 11.2. The van der Waals surface area contributed by atoms with E-state index in [0.717, 1.165) is 5.56 Å². The van der Waals surface area contributed by atoms with Crippen LogP contribution in [0.5, 0.6) is 0 Å². The number of piperidine rings is 1. The Kier molecular flexibility index (Phi) is 2.49. The second kappa shape index (κ2) is 3.66. The molecule has 3 nitrogen and oxygen atoms in total. The molecule has 0 spiro atoms. The molecule has 1 heterocycles. The molecular weight excluding hydrogens is 214 g/mol. The van der Waals surface area contributed by atoms with Crippen molar-refractivity contribution in [1.29, 1.82) is 0 Å². The Morgan fingerprint density at radius 1 is 1.07 bits per heavy atom. The lowest BCUT2D eigenvalue weighted by molar-refractivity contribution is -0.134. The maximum absolute atomic E-state index is 11.2. The lowest BCUT2D eigenvalue weighted by Gasteiger charge is -2.30. The van der Waals surface area contributed by atoms with E-state index in [1.54, 1.807) is 0 Å². The van der Waals surface area contributed by atoms with Crippen molar-refractivity contribution in [2.24, 2.45) is 0 Å². The third-order valence-electron chi connectivity index (χ3n) is 2.45. The van der Waals surface area contributed by atoms with Crippen LogP contribution in [-0.2, 0) is 14.5 Å². The molecule has 0 saturated carbocycles. The van der Waals surface area contributed by atoms with Crippen LogP contribution < -0.4 is 5.32 Å². The lowest BCUT2D eigenvalue weighted by atomic mass is 9.88. The Hall–Kier alpha value is -1.35. The summed E-state index contributed by atoms with van der Waals surface area (Å²) in [7, 11) is 0. The smallest absolute Gasteiger partial charge is 0.228 e. The van der Waals surface area contributed by atoms with Gasteiger partial charge in [0.25, 0.3) is 0 Å². The Morgan fingerprint density at radius 2 is 1.60 bits per heavy atom. The highest BCUT2D eigenvalue weighted by molar-refractivity contribution is 6.27. The third kappa shape index (κ3) is 2.02. The summed E-state index contributed by atoms with van der Waals surface area (Å²) >= 11 is 6.31. The van der Waals surface area contributed by atoms with Crippen molar-refractivity contribution in [2.45, 2.75) is 17.7 Å². The van der Waals surface area contributed by atoms with Gasteiger partial charge in [-0.25, -0.2) is 0 Å². The summed E-state index contributed by atoms with van der Waals surface area (Å²) < 4.78 is 0. The van der Waals surface area contributed by atoms with Gasteiger partial charge in [-0.15, -0.1) is 11.6 Å². The van der Waals surface area contributed by atoms with Crippen molar-refractivity contribution >= 4 is 23.4 Å². The normalized spacial score (nSPS) is 19.8. The van der Waals surface area contributed by atoms with Gasteiger partial charge in [0, 0.05) is 0 Å². The molecule has 0 aromatic heterocycles. The predicted molar refractivity (Wildman–Crippen MR) is 56.4 cm³/mol. The molecule has 1 aromatic rings. The molecule has 2 amide bonds. The fourth-order valence-corrected chi connectivity index (χ4v) is 2.13. The summed E-state index contributed by atoms with van der Waals surface area (Å²) in [6.07, 6.45) is 0.286. The van der Waals surface area contributed by atoms with E-state index in [4.69, 9.17) is 11.6 Å². The van der Waals surface area contributed by atoms with Gasteiger partial charge in [0.2, 0.25) is 11.8 Å². The van der Waals surface area contributed by atoms with Crippen LogP contribution in [0.25, 0.3) is 0 Å². The number of alkyl halides is 1. The average Bonchev–Trinajstić information content (AvgIpc) is 2.17. The summed E-state index contributed by atoms with van der Waals surface area (Å²) in [6, 6.07) is 9.22. The zero-order valence-electron chi connectivity index (χ0n) is 8.00. The fraction of sp³-hybridized carbons (Fsp3) is 0.273. The number of rotatable bonds is 1. The molecule has 0 bridgehead atoms. The first-order valence-corrected chi connectivity index (χ1v) is 5.05. The van der Waals surface area contributed by atoms with Gasteiger partial charge in [-0.1, -0.05) is 30.3 Å². The van der Waals surface area contributed by atoms with Crippen LogP contribution in [0.15, 0.2) is 30.3 Å². The van der Waals surface area contributed by atoms with Crippen LogP contribution in [0.2, 0.25) is 0 Å². The van der Waals surface area contributed by atoms with Gasteiger partial charge < -0.3 is 0 Å². The lowest BCUT2D eigenvalue weighted by Crippen LogP contribution is -2.44. The molecule has 1 aliphatic rings. The van der Waals surface area contributed by atoms with Crippen LogP contribution in [0.4, 0.5) is 0 Å². The minimum atomic E-state index is -0.874. The van der Waals surface area contributed by atoms with Crippen LogP contribution in [0.3, 0.4) is 0 Å². The second-order valence-corrected chi connectivity index (χ2v) is 4.38. The second-order valence-electron chi connectivity index (χ2n) is 3.66. The summed E-state index contributed by atoms with van der Waals surface area (Å²) in [5.74, 6) is -0.629. The van der Waals surface area contributed by atoms with Gasteiger partial charge in [-0.3, -0.25) is 14.9 Å². The Morgan fingerprint density at radius 3 is 2.13 bits per heavy atom. The highest BCUT2D eigenvalue weighted by atomic mass is 35.5. The van der Waals surface area contributed by atoms with Crippen molar-refractivity contribution in [3.8, 4) is 0 Å². The van der Waals surface area contributed by atoms with Crippen LogP contribution in [-0.4, -0.2) is 11.8 Å². The first-order chi connectivity index (χ1) is 7.10. The van der Waals surface area contributed by atoms with Gasteiger partial charge in [0.1, 0.15) is 0 Å². The molecule has 0 atom stereocenters. The van der Waals surface area contributed by atoms with Crippen LogP contribution in [0.1, 0.15) is 18.4 Å². The monoisotopic (exact) mass is 223 g/mol. The number of halogens is 1. The molecular formula is C11H10ClNO2. The SMILES string of the molecule is O=C1CC(Cl)(c2ccccc2)CC(=O)N1. The molecule has 2 rings (SSSR count). The Balaban J connectivity index is 2.34. The highest BCUT2D eigenvalue weighted by Crippen LogP contribution is 2.38. The number of hydrogen-bond acceptors (Lipinski definition) is 2. The number of carbonyl (C=O) groups is 2. The number of amides is 2. The molecule has 1 fully saturated rings. The predicted octanol–water partition coefficient (Wildman–Crippen LogP) is 1.56. The summed E-state index contributed by atoms with van der Waals surface area (Å²) in [4.78, 5) is 21.6. The molecule has 0 unspecified atom stereocenters. The Bertz CT molecular complexity index is 386. The van der Waals surface area contributed by atoms with Crippen LogP contribution in [0, 0.1) is 0 Å². The van der Waals surface area contributed by atoms with Gasteiger partial charge in [-0.05, 0) is 5.56 Å². The van der Waals surface area contributed by atoms with Gasteiger partial charge in [0.15, 0.2) is 0 Å². The minimum Gasteiger partial charge on any atom is -0.296 e. The number of nitrogens with one attached hydrogen (secondary N) is 1. The first-order valence-electron chi connectivity index (χ1n) is 4.67. The summed E-state index contributed by atoms with van der Waals surface area (Å²) in [6.45, 7) is 0. The molecule has 1 aromatic carbocycles. The largest absolute Gasteiger partial charge is 0.296 e. The molecule has 1 N–H and O–H groups in total. The van der Waals surface area contributed by atoms with E-state index in [2.05, 4.69) is 5.32 Å². The molecule has 1 saturated heterocycles. The van der Waals surface area contributed by atoms with Crippen molar-refractivity contribution in [3.63, 3.8) is 0 Å². The topological polar surface area (TPSA) is 46.2 Å². The molecule has 0 aliphatic carbocycles. The average molecular weight is 224 g/mol. The van der Waals surface area contributed by atoms with Crippen LogP contribution >= 0.6 is 11.6 Å².